The molecule has 14 heavy (non-hydrogen) atoms. The molecule has 0 bridgehead atoms. The summed E-state index contributed by atoms with van der Waals surface area (Å²) in [5.74, 6) is -1.58. The second-order valence-electron chi connectivity index (χ2n) is 2.75. The molecule has 2 N–H and O–H groups in total. The van der Waals surface area contributed by atoms with E-state index >= 15 is 0 Å². The predicted octanol–water partition coefficient (Wildman–Crippen LogP) is 1.02. The van der Waals surface area contributed by atoms with E-state index in [-0.39, 0.29) is 12.5 Å². The normalized spacial score (nSPS) is 10.6. The van der Waals surface area contributed by atoms with Crippen LogP contribution in [0.2, 0.25) is 0 Å². The van der Waals surface area contributed by atoms with Crippen molar-refractivity contribution in [3.8, 4) is 0 Å². The zero-order valence-corrected chi connectivity index (χ0v) is 7.10. The third-order valence-corrected chi connectivity index (χ3v) is 1.85. The van der Waals surface area contributed by atoms with Crippen molar-refractivity contribution in [1.29, 1.82) is 0 Å². The third kappa shape index (κ3) is 1.23. The average molecular weight is 193 g/mol. The summed E-state index contributed by atoms with van der Waals surface area (Å²) < 4.78 is 4.98. The van der Waals surface area contributed by atoms with Gasteiger partial charge in [0.15, 0.2) is 5.58 Å². The van der Waals surface area contributed by atoms with Crippen molar-refractivity contribution in [2.75, 3.05) is 0 Å². The first-order valence-corrected chi connectivity index (χ1v) is 3.95. The molecule has 0 aliphatic carbocycles. The lowest BCUT2D eigenvalue weighted by Crippen LogP contribution is -1.94. The van der Waals surface area contributed by atoms with E-state index in [1.807, 2.05) is 0 Å². The van der Waals surface area contributed by atoms with E-state index in [0.717, 1.165) is 0 Å². The molecule has 0 amide bonds. The summed E-state index contributed by atoms with van der Waals surface area (Å²) in [6, 6.07) is 4.96. The third-order valence-electron chi connectivity index (χ3n) is 1.85. The van der Waals surface area contributed by atoms with Gasteiger partial charge in [0.1, 0.15) is 5.52 Å². The number of carboxylic acid groups (broad SMARTS) is 1. The van der Waals surface area contributed by atoms with E-state index in [9.17, 15) is 4.79 Å². The second kappa shape index (κ2) is 3.12. The first-order chi connectivity index (χ1) is 6.72. The standard InChI is InChI=1S/C9H7NO4/c11-4-5-2-1-3-6-7(5)14-8(10-6)9(12)13/h1-3,11H,4H2,(H,12,13). The molecular formula is C9H7NO4. The van der Waals surface area contributed by atoms with Crippen molar-refractivity contribution >= 4 is 17.1 Å². The van der Waals surface area contributed by atoms with E-state index in [1.54, 1.807) is 18.2 Å². The summed E-state index contributed by atoms with van der Waals surface area (Å²) >= 11 is 0. The summed E-state index contributed by atoms with van der Waals surface area (Å²) in [5.41, 5.74) is 1.30. The molecule has 1 aromatic heterocycles. The number of fused-ring (bicyclic) bond motifs is 1. The number of aliphatic hydroxyl groups is 1. The highest BCUT2D eigenvalue weighted by atomic mass is 16.4. The molecule has 0 spiro atoms. The minimum atomic E-state index is -1.22. The summed E-state index contributed by atoms with van der Waals surface area (Å²) in [6.07, 6.45) is 0. The quantitative estimate of drug-likeness (QED) is 0.743. The lowest BCUT2D eigenvalue weighted by atomic mass is 10.2. The monoisotopic (exact) mass is 193 g/mol. The highest BCUT2D eigenvalue weighted by molar-refractivity contribution is 5.87. The highest BCUT2D eigenvalue weighted by Gasteiger charge is 2.14. The molecule has 5 nitrogen and oxygen atoms in total. The van der Waals surface area contributed by atoms with Crippen LogP contribution in [0.3, 0.4) is 0 Å². The lowest BCUT2D eigenvalue weighted by molar-refractivity contribution is 0.0656. The fourth-order valence-corrected chi connectivity index (χ4v) is 1.22. The number of carboxylic acids is 1. The van der Waals surface area contributed by atoms with Gasteiger partial charge in [-0.15, -0.1) is 0 Å². The topological polar surface area (TPSA) is 83.6 Å². The van der Waals surface area contributed by atoms with Gasteiger partial charge >= 0.3 is 11.9 Å². The van der Waals surface area contributed by atoms with E-state index in [0.29, 0.717) is 16.7 Å². The van der Waals surface area contributed by atoms with E-state index in [1.165, 1.54) is 0 Å². The summed E-state index contributed by atoms with van der Waals surface area (Å²) in [7, 11) is 0. The maximum Gasteiger partial charge on any atom is 0.392 e. The fourth-order valence-electron chi connectivity index (χ4n) is 1.22. The van der Waals surface area contributed by atoms with Crippen LogP contribution in [0, 0.1) is 0 Å². The smallest absolute Gasteiger partial charge is 0.392 e. The number of oxazole rings is 1. The Hall–Kier alpha value is -1.88. The Labute approximate surface area is 78.6 Å². The number of aromatic nitrogens is 1. The number of hydrogen-bond donors (Lipinski definition) is 2. The molecule has 0 atom stereocenters. The molecule has 0 saturated carbocycles. The minimum absolute atomic E-state index is 0.203. The molecule has 0 aliphatic rings. The van der Waals surface area contributed by atoms with Gasteiger partial charge in [-0.3, -0.25) is 0 Å². The highest BCUT2D eigenvalue weighted by Crippen LogP contribution is 2.19. The molecule has 0 fully saturated rings. The molecule has 2 aromatic rings. The second-order valence-corrected chi connectivity index (χ2v) is 2.75. The van der Waals surface area contributed by atoms with Gasteiger partial charge in [0.05, 0.1) is 6.61 Å². The molecule has 72 valence electrons. The van der Waals surface area contributed by atoms with Gasteiger partial charge in [-0.2, -0.15) is 0 Å². The number of carbonyl (C=O) groups is 1. The summed E-state index contributed by atoms with van der Waals surface area (Å²) in [6.45, 7) is -0.203. The van der Waals surface area contributed by atoms with Crippen LogP contribution in [0.15, 0.2) is 22.6 Å². The van der Waals surface area contributed by atoms with E-state index < -0.39 is 5.97 Å². The van der Waals surface area contributed by atoms with Crippen molar-refractivity contribution in [1.82, 2.24) is 4.98 Å². The molecule has 5 heteroatoms. The van der Waals surface area contributed by atoms with Gasteiger partial charge in [0.2, 0.25) is 0 Å². The van der Waals surface area contributed by atoms with Gasteiger partial charge in [0.25, 0.3) is 0 Å². The average Bonchev–Trinajstić information content (AvgIpc) is 2.60. The van der Waals surface area contributed by atoms with Crippen molar-refractivity contribution in [3.05, 3.63) is 29.7 Å². The summed E-state index contributed by atoms with van der Waals surface area (Å²) in [5, 5.41) is 17.6. The van der Waals surface area contributed by atoms with Gasteiger partial charge in [-0.1, -0.05) is 12.1 Å². The SMILES string of the molecule is O=C(O)c1nc2cccc(CO)c2o1. The Kier molecular flexibility index (Phi) is 1.94. The maximum atomic E-state index is 10.6. The Morgan fingerprint density at radius 1 is 1.50 bits per heavy atom. The van der Waals surface area contributed by atoms with Crippen LogP contribution < -0.4 is 0 Å². The van der Waals surface area contributed by atoms with Crippen LogP contribution in [0.25, 0.3) is 11.1 Å². The van der Waals surface area contributed by atoms with Crippen molar-refractivity contribution < 1.29 is 19.4 Å². The van der Waals surface area contributed by atoms with Crippen LogP contribution in [-0.2, 0) is 6.61 Å². The lowest BCUT2D eigenvalue weighted by Gasteiger charge is -1.93. The summed E-state index contributed by atoms with van der Waals surface area (Å²) in [4.78, 5) is 14.3. The number of benzene rings is 1. The van der Waals surface area contributed by atoms with Crippen LogP contribution in [0.1, 0.15) is 16.2 Å². The van der Waals surface area contributed by atoms with Crippen molar-refractivity contribution in [2.45, 2.75) is 6.61 Å². The molecule has 0 saturated heterocycles. The fraction of sp³-hybridized carbons (Fsp3) is 0.111. The molecule has 0 unspecified atom stereocenters. The maximum absolute atomic E-state index is 10.6. The van der Waals surface area contributed by atoms with E-state index in [4.69, 9.17) is 14.6 Å². The number of hydrogen-bond acceptors (Lipinski definition) is 4. The van der Waals surface area contributed by atoms with Crippen LogP contribution >= 0.6 is 0 Å². The first kappa shape index (κ1) is 8.71. The molecular weight excluding hydrogens is 186 g/mol. The van der Waals surface area contributed by atoms with Crippen LogP contribution in [0.5, 0.6) is 0 Å². The van der Waals surface area contributed by atoms with Crippen LogP contribution in [0.4, 0.5) is 0 Å². The van der Waals surface area contributed by atoms with Gasteiger partial charge < -0.3 is 14.6 Å². The van der Waals surface area contributed by atoms with Gasteiger partial charge in [-0.05, 0) is 6.07 Å². The molecule has 1 heterocycles. The zero-order chi connectivity index (χ0) is 10.1. The van der Waals surface area contributed by atoms with Gasteiger partial charge in [0, 0.05) is 5.56 Å². The van der Waals surface area contributed by atoms with E-state index in [2.05, 4.69) is 4.98 Å². The Balaban J connectivity index is 2.70. The van der Waals surface area contributed by atoms with Crippen LogP contribution in [-0.4, -0.2) is 21.2 Å². The van der Waals surface area contributed by atoms with Crippen molar-refractivity contribution in [3.63, 3.8) is 0 Å². The first-order valence-electron chi connectivity index (χ1n) is 3.95. The number of rotatable bonds is 2. The minimum Gasteiger partial charge on any atom is -0.474 e. The predicted molar refractivity (Wildman–Crippen MR) is 46.9 cm³/mol. The van der Waals surface area contributed by atoms with Crippen molar-refractivity contribution in [2.24, 2.45) is 0 Å². The number of aromatic carboxylic acids is 1. The Morgan fingerprint density at radius 3 is 2.93 bits per heavy atom. The largest absolute Gasteiger partial charge is 0.474 e. The zero-order valence-electron chi connectivity index (χ0n) is 7.10. The van der Waals surface area contributed by atoms with Gasteiger partial charge in [-0.25, -0.2) is 9.78 Å². The molecule has 1 aromatic carbocycles. The number of aliphatic hydroxyl groups excluding tert-OH is 1. The molecule has 0 aliphatic heterocycles. The molecule has 2 rings (SSSR count). The Morgan fingerprint density at radius 2 is 2.29 bits per heavy atom. The molecule has 0 radical (unpaired) electrons. The Bertz CT molecular complexity index is 489. The number of para-hydroxylation sites is 1. The number of nitrogens with zero attached hydrogens (tertiary/aromatic N) is 1.